The molecule has 3 rings (SSSR count). The van der Waals surface area contributed by atoms with Gasteiger partial charge in [0, 0.05) is 18.2 Å². The summed E-state index contributed by atoms with van der Waals surface area (Å²) in [5, 5.41) is 0. The Labute approximate surface area is 186 Å². The molecule has 0 aliphatic heterocycles. The molecule has 32 heavy (non-hydrogen) atoms. The highest BCUT2D eigenvalue weighted by atomic mass is 32.2. The molecular formula is C24H23F2NO4S. The second-order valence-electron chi connectivity index (χ2n) is 7.27. The van der Waals surface area contributed by atoms with E-state index in [0.29, 0.717) is 12.0 Å². The molecule has 0 aromatic heterocycles. The monoisotopic (exact) mass is 459 g/mol. The zero-order valence-electron chi connectivity index (χ0n) is 17.7. The van der Waals surface area contributed by atoms with Gasteiger partial charge in [0.05, 0.1) is 5.56 Å². The lowest BCUT2D eigenvalue weighted by Crippen LogP contribution is -2.38. The Hall–Kier alpha value is -3.26. The Balaban J connectivity index is 1.93. The number of amides is 1. The van der Waals surface area contributed by atoms with Gasteiger partial charge in [-0.25, -0.2) is 8.78 Å². The molecule has 0 radical (unpaired) electrons. The summed E-state index contributed by atoms with van der Waals surface area (Å²) < 4.78 is 58.1. The lowest BCUT2D eigenvalue weighted by molar-refractivity contribution is 0.0666. The molecule has 168 valence electrons. The molecule has 0 saturated carbocycles. The van der Waals surface area contributed by atoms with Crippen molar-refractivity contribution in [2.75, 3.05) is 0 Å². The van der Waals surface area contributed by atoms with Gasteiger partial charge in [0.1, 0.15) is 22.3 Å². The van der Waals surface area contributed by atoms with Crippen LogP contribution >= 0.6 is 0 Å². The zero-order chi connectivity index (χ0) is 23.3. The fourth-order valence-electron chi connectivity index (χ4n) is 3.10. The number of benzene rings is 3. The van der Waals surface area contributed by atoms with Gasteiger partial charge in [-0.05, 0) is 55.8 Å². The fraction of sp³-hybridized carbons (Fsp3) is 0.208. The number of rotatable bonds is 8. The summed E-state index contributed by atoms with van der Waals surface area (Å²) in [6, 6.07) is 16.1. The molecule has 1 atom stereocenters. The van der Waals surface area contributed by atoms with Crippen molar-refractivity contribution in [3.8, 4) is 5.75 Å². The smallest absolute Gasteiger partial charge is 0.339 e. The summed E-state index contributed by atoms with van der Waals surface area (Å²) in [5.74, 6) is -1.67. The van der Waals surface area contributed by atoms with Gasteiger partial charge >= 0.3 is 10.1 Å². The van der Waals surface area contributed by atoms with E-state index in [1.165, 1.54) is 29.2 Å². The molecule has 0 bridgehead atoms. The van der Waals surface area contributed by atoms with E-state index in [4.69, 9.17) is 4.18 Å². The molecule has 0 aliphatic carbocycles. The van der Waals surface area contributed by atoms with Gasteiger partial charge in [0.25, 0.3) is 5.91 Å². The average molecular weight is 460 g/mol. The number of nitrogens with zero attached hydrogens (tertiary/aromatic N) is 1. The van der Waals surface area contributed by atoms with E-state index in [1.807, 2.05) is 13.8 Å². The topological polar surface area (TPSA) is 63.7 Å². The largest absolute Gasteiger partial charge is 0.379 e. The third-order valence-corrected chi connectivity index (χ3v) is 6.35. The van der Waals surface area contributed by atoms with Gasteiger partial charge in [0.2, 0.25) is 0 Å². The Morgan fingerprint density at radius 2 is 1.59 bits per heavy atom. The van der Waals surface area contributed by atoms with Gasteiger partial charge in [-0.15, -0.1) is 0 Å². The lowest BCUT2D eigenvalue weighted by Gasteiger charge is -2.29. The van der Waals surface area contributed by atoms with Crippen molar-refractivity contribution in [2.45, 2.75) is 37.8 Å². The molecule has 8 heteroatoms. The summed E-state index contributed by atoms with van der Waals surface area (Å²) in [6.07, 6.45) is 0.608. The van der Waals surface area contributed by atoms with Gasteiger partial charge in [0.15, 0.2) is 0 Å². The van der Waals surface area contributed by atoms with E-state index < -0.39 is 27.7 Å². The molecule has 3 aromatic rings. The first kappa shape index (κ1) is 23.4. The van der Waals surface area contributed by atoms with Crippen LogP contribution in [-0.4, -0.2) is 25.3 Å². The maximum Gasteiger partial charge on any atom is 0.339 e. The summed E-state index contributed by atoms with van der Waals surface area (Å²) in [6.45, 7) is 3.74. The number of hydrogen-bond acceptors (Lipinski definition) is 4. The molecule has 0 fully saturated rings. The number of halogens is 2. The summed E-state index contributed by atoms with van der Waals surface area (Å²) in [5.41, 5.74) is 0.369. The third-order valence-electron chi connectivity index (χ3n) is 5.10. The van der Waals surface area contributed by atoms with Crippen LogP contribution in [0.1, 0.15) is 36.2 Å². The quantitative estimate of drug-likeness (QED) is 0.436. The van der Waals surface area contributed by atoms with Crippen molar-refractivity contribution in [2.24, 2.45) is 0 Å². The Kier molecular flexibility index (Phi) is 7.25. The molecule has 0 aliphatic rings. The maximum absolute atomic E-state index is 14.2. The Morgan fingerprint density at radius 1 is 0.969 bits per heavy atom. The lowest BCUT2D eigenvalue weighted by atomic mass is 10.1. The van der Waals surface area contributed by atoms with E-state index in [9.17, 15) is 22.0 Å². The first-order chi connectivity index (χ1) is 15.2. The van der Waals surface area contributed by atoms with E-state index in [0.717, 1.165) is 24.3 Å². The van der Waals surface area contributed by atoms with Crippen LogP contribution in [0.25, 0.3) is 0 Å². The predicted octanol–water partition coefficient (Wildman–Crippen LogP) is 5.17. The van der Waals surface area contributed by atoms with Crippen LogP contribution in [0.5, 0.6) is 5.75 Å². The van der Waals surface area contributed by atoms with Crippen molar-refractivity contribution in [3.63, 3.8) is 0 Å². The van der Waals surface area contributed by atoms with Crippen LogP contribution in [0.3, 0.4) is 0 Å². The minimum absolute atomic E-state index is 0.0112. The van der Waals surface area contributed by atoms with Gasteiger partial charge < -0.3 is 9.08 Å². The summed E-state index contributed by atoms with van der Waals surface area (Å²) in [7, 11) is -4.22. The molecule has 3 aromatic carbocycles. The third kappa shape index (κ3) is 5.31. The normalized spacial score (nSPS) is 12.2. The molecule has 1 unspecified atom stereocenters. The van der Waals surface area contributed by atoms with Crippen molar-refractivity contribution in [3.05, 3.63) is 95.6 Å². The molecule has 5 nitrogen and oxygen atoms in total. The fourth-order valence-corrected chi connectivity index (χ4v) is 4.07. The van der Waals surface area contributed by atoms with Crippen molar-refractivity contribution >= 4 is 16.0 Å². The van der Waals surface area contributed by atoms with Crippen LogP contribution < -0.4 is 4.18 Å². The second-order valence-corrected chi connectivity index (χ2v) is 8.82. The molecular weight excluding hydrogens is 436 g/mol. The van der Waals surface area contributed by atoms with Gasteiger partial charge in [-0.2, -0.15) is 8.42 Å². The second kappa shape index (κ2) is 9.91. The average Bonchev–Trinajstić information content (AvgIpc) is 2.78. The highest BCUT2D eigenvalue weighted by Gasteiger charge is 2.25. The first-order valence-electron chi connectivity index (χ1n) is 10.1. The number of carbonyl (C=O) groups is 1. The molecule has 0 N–H and O–H groups in total. The van der Waals surface area contributed by atoms with Gasteiger partial charge in [-0.1, -0.05) is 37.3 Å². The van der Waals surface area contributed by atoms with Crippen LogP contribution in [0.2, 0.25) is 0 Å². The molecule has 0 heterocycles. The van der Waals surface area contributed by atoms with Crippen LogP contribution in [-0.2, 0) is 16.7 Å². The zero-order valence-corrected chi connectivity index (χ0v) is 18.5. The predicted molar refractivity (Wildman–Crippen MR) is 117 cm³/mol. The molecule has 0 spiro atoms. The van der Waals surface area contributed by atoms with E-state index in [2.05, 4.69) is 0 Å². The van der Waals surface area contributed by atoms with Crippen LogP contribution in [0.4, 0.5) is 8.78 Å². The number of hydrogen-bond donors (Lipinski definition) is 0. The maximum atomic E-state index is 14.2. The van der Waals surface area contributed by atoms with E-state index >= 15 is 0 Å². The van der Waals surface area contributed by atoms with E-state index in [1.54, 1.807) is 24.3 Å². The standard InChI is InChI=1S/C24H23F2NO4S/c1-3-17(2)27(24(28)21-9-5-6-10-22(21)26)16-18-8-4-7-11-23(18)31-32(29,30)20-14-12-19(25)13-15-20/h4-15,17H,3,16H2,1-2H3. The van der Waals surface area contributed by atoms with Crippen molar-refractivity contribution in [1.29, 1.82) is 0 Å². The van der Waals surface area contributed by atoms with Crippen LogP contribution in [0.15, 0.2) is 77.7 Å². The summed E-state index contributed by atoms with van der Waals surface area (Å²) >= 11 is 0. The minimum Gasteiger partial charge on any atom is -0.379 e. The van der Waals surface area contributed by atoms with Crippen molar-refractivity contribution in [1.82, 2.24) is 4.90 Å². The molecule has 1 amide bonds. The highest BCUT2D eigenvalue weighted by molar-refractivity contribution is 7.87. The van der Waals surface area contributed by atoms with Gasteiger partial charge in [-0.3, -0.25) is 4.79 Å². The summed E-state index contributed by atoms with van der Waals surface area (Å²) in [4.78, 5) is 14.4. The molecule has 0 saturated heterocycles. The minimum atomic E-state index is -4.22. The van der Waals surface area contributed by atoms with Crippen LogP contribution in [0, 0.1) is 11.6 Å². The Bertz CT molecular complexity index is 1200. The SMILES string of the molecule is CCC(C)N(Cc1ccccc1OS(=O)(=O)c1ccc(F)cc1)C(=O)c1ccccc1F. The first-order valence-corrected chi connectivity index (χ1v) is 11.5. The number of carbonyl (C=O) groups excluding carboxylic acids is 1. The highest BCUT2D eigenvalue weighted by Crippen LogP contribution is 2.26. The van der Waals surface area contributed by atoms with E-state index in [-0.39, 0.29) is 28.8 Å². The Morgan fingerprint density at radius 3 is 2.25 bits per heavy atom. The number of para-hydroxylation sites is 1. The van der Waals surface area contributed by atoms with Crippen molar-refractivity contribution < 1.29 is 26.2 Å².